The zero-order valence-electron chi connectivity index (χ0n) is 22.5. The summed E-state index contributed by atoms with van der Waals surface area (Å²) in [5.74, 6) is 0.577. The Morgan fingerprint density at radius 2 is 1.79 bits per heavy atom. The van der Waals surface area contributed by atoms with Crippen molar-refractivity contribution in [1.29, 1.82) is 0 Å². The lowest BCUT2D eigenvalue weighted by molar-refractivity contribution is -0.388. The number of nitrogens with one attached hydrogen (secondary N) is 1. The number of hydrogen-bond acceptors (Lipinski definition) is 7. The van der Waals surface area contributed by atoms with Gasteiger partial charge in [0.05, 0.1) is 22.6 Å². The van der Waals surface area contributed by atoms with E-state index in [0.29, 0.717) is 79.8 Å². The lowest BCUT2D eigenvalue weighted by Gasteiger charge is -2.35. The average molecular weight is 629 g/mol. The third kappa shape index (κ3) is 7.11. The molecule has 1 saturated carbocycles. The second kappa shape index (κ2) is 12.7. The second-order valence-electron chi connectivity index (χ2n) is 10.6. The van der Waals surface area contributed by atoms with E-state index in [4.69, 9.17) is 32.4 Å². The third-order valence-corrected chi connectivity index (χ3v) is 8.38. The van der Waals surface area contributed by atoms with Crippen LogP contribution in [0.2, 0.25) is 10.0 Å². The third-order valence-electron chi connectivity index (χ3n) is 7.73. The van der Waals surface area contributed by atoms with Gasteiger partial charge < -0.3 is 19.4 Å². The van der Waals surface area contributed by atoms with Crippen LogP contribution in [0.15, 0.2) is 40.8 Å². The van der Waals surface area contributed by atoms with E-state index in [1.54, 1.807) is 23.1 Å². The molecular formula is C28H29Cl2F3N4O5. The number of nitro groups is 1. The van der Waals surface area contributed by atoms with Crippen molar-refractivity contribution in [3.63, 3.8) is 0 Å². The number of rotatable bonds is 8. The maximum Gasteiger partial charge on any atom is 0.423 e. The van der Waals surface area contributed by atoms with E-state index >= 15 is 0 Å². The fourth-order valence-electron chi connectivity index (χ4n) is 5.45. The van der Waals surface area contributed by atoms with E-state index in [1.807, 2.05) is 0 Å². The summed E-state index contributed by atoms with van der Waals surface area (Å²) >= 11 is 12.6. The molecule has 0 atom stereocenters. The SMILES string of the molecule is O=C(COC1CCC(Nc2ccc([N+](=O)[O-])c(C(F)(F)F)c2)CC1)N1CCN(Cc2oc3ccc(Cl)cc3c2Cl)CC1. The smallest absolute Gasteiger partial charge is 0.423 e. The molecule has 0 radical (unpaired) electrons. The van der Waals surface area contributed by atoms with Crippen LogP contribution in [0.5, 0.6) is 0 Å². The standard InChI is InChI=1S/C28H29Cl2F3N4O5/c29-17-1-8-24-21(13-17)27(30)25(42-24)15-35-9-11-36(12-10-35)26(38)16-41-20-5-2-18(3-6-20)34-19-4-7-23(37(39)40)22(14-19)28(31,32)33/h1,4,7-8,13-14,18,20,34H,2-3,5-6,9-12,15-16H2. The van der Waals surface area contributed by atoms with Crippen LogP contribution in [-0.2, 0) is 22.3 Å². The number of hydrogen-bond donors (Lipinski definition) is 1. The first-order valence-electron chi connectivity index (χ1n) is 13.6. The predicted molar refractivity (Wildman–Crippen MR) is 152 cm³/mol. The monoisotopic (exact) mass is 628 g/mol. The Morgan fingerprint density at radius 1 is 1.07 bits per heavy atom. The number of nitro benzene ring substituents is 1. The highest BCUT2D eigenvalue weighted by Crippen LogP contribution is 2.38. The molecule has 9 nitrogen and oxygen atoms in total. The highest BCUT2D eigenvalue weighted by Gasteiger charge is 2.38. The Hall–Kier alpha value is -3.06. The first kappa shape index (κ1) is 30.4. The Kier molecular flexibility index (Phi) is 9.17. The van der Waals surface area contributed by atoms with E-state index in [9.17, 15) is 28.1 Å². The van der Waals surface area contributed by atoms with Crippen molar-refractivity contribution < 1.29 is 32.0 Å². The minimum atomic E-state index is -4.83. The summed E-state index contributed by atoms with van der Waals surface area (Å²) in [6, 6.07) is 8.15. The molecule has 1 saturated heterocycles. The van der Waals surface area contributed by atoms with E-state index < -0.39 is 22.4 Å². The molecular weight excluding hydrogens is 600 g/mol. The van der Waals surface area contributed by atoms with Gasteiger partial charge in [0.2, 0.25) is 5.91 Å². The Balaban J connectivity index is 1.04. The van der Waals surface area contributed by atoms with Crippen molar-refractivity contribution in [3.8, 4) is 0 Å². The number of piperazine rings is 1. The average Bonchev–Trinajstić information content (AvgIpc) is 3.26. The number of carbonyl (C=O) groups excluding carboxylic acids is 1. The number of alkyl halides is 3. The molecule has 1 aliphatic heterocycles. The van der Waals surface area contributed by atoms with Crippen molar-refractivity contribution in [3.05, 3.63) is 67.9 Å². The molecule has 1 aliphatic carbocycles. The molecule has 226 valence electrons. The molecule has 3 aromatic rings. The van der Waals surface area contributed by atoms with Gasteiger partial charge >= 0.3 is 6.18 Å². The van der Waals surface area contributed by atoms with Crippen LogP contribution in [0.1, 0.15) is 37.0 Å². The Labute approximate surface area is 249 Å². The van der Waals surface area contributed by atoms with Crippen molar-refractivity contribution in [2.45, 2.75) is 50.6 Å². The molecule has 1 amide bonds. The van der Waals surface area contributed by atoms with Crippen molar-refractivity contribution >= 4 is 51.5 Å². The second-order valence-corrected chi connectivity index (χ2v) is 11.4. The number of carbonyl (C=O) groups is 1. The van der Waals surface area contributed by atoms with Crippen LogP contribution in [0.3, 0.4) is 0 Å². The predicted octanol–water partition coefficient (Wildman–Crippen LogP) is 6.75. The van der Waals surface area contributed by atoms with Gasteiger partial charge in [0.15, 0.2) is 0 Å². The van der Waals surface area contributed by atoms with Crippen LogP contribution in [0, 0.1) is 10.1 Å². The van der Waals surface area contributed by atoms with Gasteiger partial charge in [-0.15, -0.1) is 0 Å². The first-order chi connectivity index (χ1) is 20.0. The topological polar surface area (TPSA) is 101 Å². The lowest BCUT2D eigenvalue weighted by atomic mass is 9.92. The minimum Gasteiger partial charge on any atom is -0.458 e. The van der Waals surface area contributed by atoms with Gasteiger partial charge in [-0.05, 0) is 56.0 Å². The Bertz CT molecular complexity index is 1450. The van der Waals surface area contributed by atoms with E-state index in [-0.39, 0.29) is 30.3 Å². The minimum absolute atomic E-state index is 0.0315. The summed E-state index contributed by atoms with van der Waals surface area (Å²) in [4.78, 5) is 26.7. The number of nitrogens with zero attached hydrogens (tertiary/aromatic N) is 3. The summed E-state index contributed by atoms with van der Waals surface area (Å²) in [6.45, 7) is 2.93. The first-order valence-corrected chi connectivity index (χ1v) is 14.3. The van der Waals surface area contributed by atoms with Crippen LogP contribution in [0.25, 0.3) is 11.0 Å². The van der Waals surface area contributed by atoms with E-state index in [2.05, 4.69) is 10.2 Å². The molecule has 1 aromatic heterocycles. The highest BCUT2D eigenvalue weighted by molar-refractivity contribution is 6.37. The molecule has 5 rings (SSSR count). The zero-order valence-corrected chi connectivity index (χ0v) is 24.0. The lowest BCUT2D eigenvalue weighted by Crippen LogP contribution is -2.49. The van der Waals surface area contributed by atoms with Gasteiger partial charge in [0.25, 0.3) is 5.69 Å². The van der Waals surface area contributed by atoms with Crippen LogP contribution >= 0.6 is 23.2 Å². The molecule has 2 aromatic carbocycles. The van der Waals surface area contributed by atoms with Crippen LogP contribution < -0.4 is 5.32 Å². The summed E-state index contributed by atoms with van der Waals surface area (Å²) in [5.41, 5.74) is -1.40. The fourth-order valence-corrected chi connectivity index (χ4v) is 5.87. The van der Waals surface area contributed by atoms with Crippen LogP contribution in [0.4, 0.5) is 24.5 Å². The van der Waals surface area contributed by atoms with Gasteiger partial charge in [-0.1, -0.05) is 23.2 Å². The van der Waals surface area contributed by atoms with Gasteiger partial charge in [0.1, 0.15) is 23.5 Å². The van der Waals surface area contributed by atoms with Crippen molar-refractivity contribution in [2.75, 3.05) is 38.1 Å². The number of anilines is 1. The molecule has 0 bridgehead atoms. The molecule has 0 unspecified atom stereocenters. The molecule has 2 heterocycles. The van der Waals surface area contributed by atoms with E-state index in [0.717, 1.165) is 17.5 Å². The largest absolute Gasteiger partial charge is 0.458 e. The number of benzene rings is 2. The molecule has 2 aliphatic rings. The van der Waals surface area contributed by atoms with E-state index in [1.165, 1.54) is 6.07 Å². The maximum absolute atomic E-state index is 13.3. The van der Waals surface area contributed by atoms with Gasteiger partial charge in [-0.2, -0.15) is 13.2 Å². The summed E-state index contributed by atoms with van der Waals surface area (Å²) in [5, 5.41) is 15.9. The van der Waals surface area contributed by atoms with Gasteiger partial charge in [-0.3, -0.25) is 19.8 Å². The normalized spacial score (nSPS) is 20.2. The molecule has 14 heteroatoms. The highest BCUT2D eigenvalue weighted by atomic mass is 35.5. The molecule has 1 N–H and O–H groups in total. The summed E-state index contributed by atoms with van der Waals surface area (Å²) in [7, 11) is 0. The number of fused-ring (bicyclic) bond motifs is 1. The summed E-state index contributed by atoms with van der Waals surface area (Å²) < 4.78 is 51.6. The maximum atomic E-state index is 13.3. The molecule has 2 fully saturated rings. The van der Waals surface area contributed by atoms with Crippen molar-refractivity contribution in [2.24, 2.45) is 0 Å². The zero-order chi connectivity index (χ0) is 30.0. The Morgan fingerprint density at radius 3 is 2.45 bits per heavy atom. The number of halogens is 5. The van der Waals surface area contributed by atoms with Crippen molar-refractivity contribution in [1.82, 2.24) is 9.80 Å². The quantitative estimate of drug-likeness (QED) is 0.217. The molecule has 0 spiro atoms. The number of ether oxygens (including phenoxy) is 1. The number of amides is 1. The van der Waals surface area contributed by atoms with Gasteiger partial charge in [0, 0.05) is 54.4 Å². The van der Waals surface area contributed by atoms with Gasteiger partial charge in [-0.25, -0.2) is 0 Å². The fraction of sp³-hybridized carbons (Fsp3) is 0.464. The number of furan rings is 1. The van der Waals surface area contributed by atoms with Crippen LogP contribution in [-0.4, -0.2) is 65.6 Å². The summed E-state index contributed by atoms with van der Waals surface area (Å²) in [6.07, 6.45) is -2.41. The molecule has 42 heavy (non-hydrogen) atoms.